The van der Waals surface area contributed by atoms with Gasteiger partial charge in [0.1, 0.15) is 17.1 Å². The monoisotopic (exact) mass is 632 g/mol. The van der Waals surface area contributed by atoms with Crippen LogP contribution < -0.4 is 0 Å². The van der Waals surface area contributed by atoms with Crippen molar-refractivity contribution in [2.24, 2.45) is 5.92 Å². The van der Waals surface area contributed by atoms with Gasteiger partial charge in [0.25, 0.3) is 0 Å². The number of aromatic nitrogens is 3. The van der Waals surface area contributed by atoms with Gasteiger partial charge in [-0.1, -0.05) is 6.42 Å². The van der Waals surface area contributed by atoms with Gasteiger partial charge < -0.3 is 4.74 Å². The average Bonchev–Trinajstić information content (AvgIpc) is 3.54. The number of thioether (sulfide) groups is 1. The Morgan fingerprint density at radius 3 is 2.23 bits per heavy atom. The van der Waals surface area contributed by atoms with Crippen molar-refractivity contribution >= 4 is 23.8 Å². The summed E-state index contributed by atoms with van der Waals surface area (Å²) in [5.74, 6) is -1.94. The lowest BCUT2D eigenvalue weighted by Gasteiger charge is -2.29. The number of ether oxygens (including phenoxy) is 1. The van der Waals surface area contributed by atoms with E-state index in [-0.39, 0.29) is 10.9 Å². The predicted octanol–water partition coefficient (Wildman–Crippen LogP) is 7.67. The SMILES string of the molecule is CC(C)(C)OC(=O)N(Cc1cn(-c2ccc(C(F)(F)F)nc2)nc1C(F)(F)F)C(=O)C1CCCC1Sc1ccc(F)cc1. The minimum absolute atomic E-state index is 0.202. The lowest BCUT2D eigenvalue weighted by atomic mass is 10.1. The first-order valence-electron chi connectivity index (χ1n) is 13.1. The molecule has 7 nitrogen and oxygen atoms in total. The molecule has 2 amide bonds. The molecule has 15 heteroatoms. The van der Waals surface area contributed by atoms with Crippen molar-refractivity contribution in [2.75, 3.05) is 0 Å². The molecule has 0 aliphatic heterocycles. The lowest BCUT2D eigenvalue weighted by molar-refractivity contribution is -0.143. The summed E-state index contributed by atoms with van der Waals surface area (Å²) < 4.78 is 100. The van der Waals surface area contributed by atoms with E-state index >= 15 is 0 Å². The van der Waals surface area contributed by atoms with Crippen LogP contribution in [0.3, 0.4) is 0 Å². The second kappa shape index (κ2) is 12.2. The summed E-state index contributed by atoms with van der Waals surface area (Å²) in [6, 6.07) is 7.13. The summed E-state index contributed by atoms with van der Waals surface area (Å²) in [5, 5.41) is 3.17. The summed E-state index contributed by atoms with van der Waals surface area (Å²) in [6.45, 7) is 3.74. The number of carbonyl (C=O) groups excluding carboxylic acids is 2. The number of halogens is 7. The number of amides is 2. The molecule has 2 aromatic heterocycles. The average molecular weight is 633 g/mol. The summed E-state index contributed by atoms with van der Waals surface area (Å²) in [4.78, 5) is 31.6. The van der Waals surface area contributed by atoms with Crippen LogP contribution >= 0.6 is 11.8 Å². The van der Waals surface area contributed by atoms with E-state index in [0.29, 0.717) is 46.0 Å². The van der Waals surface area contributed by atoms with E-state index in [1.807, 2.05) is 0 Å². The van der Waals surface area contributed by atoms with Crippen LogP contribution in [0.2, 0.25) is 0 Å². The number of carbonyl (C=O) groups is 2. The fourth-order valence-corrected chi connectivity index (χ4v) is 5.89. The normalized spacial score (nSPS) is 17.6. The Bertz CT molecular complexity index is 1450. The highest BCUT2D eigenvalue weighted by Gasteiger charge is 2.43. The molecule has 1 saturated carbocycles. The molecule has 1 aliphatic carbocycles. The molecule has 1 aliphatic rings. The van der Waals surface area contributed by atoms with Gasteiger partial charge in [0.05, 0.1) is 24.3 Å². The number of benzene rings is 1. The molecule has 0 bridgehead atoms. The Morgan fingerprint density at radius 2 is 1.67 bits per heavy atom. The molecule has 232 valence electrons. The first-order chi connectivity index (χ1) is 19.9. The van der Waals surface area contributed by atoms with Crippen molar-refractivity contribution in [2.45, 2.75) is 74.7 Å². The maximum Gasteiger partial charge on any atom is 0.435 e. The van der Waals surface area contributed by atoms with Crippen molar-refractivity contribution < 1.29 is 45.1 Å². The van der Waals surface area contributed by atoms with Gasteiger partial charge in [-0.05, 0) is 70.0 Å². The summed E-state index contributed by atoms with van der Waals surface area (Å²) >= 11 is 1.31. The van der Waals surface area contributed by atoms with Crippen LogP contribution in [0.4, 0.5) is 35.5 Å². The van der Waals surface area contributed by atoms with Gasteiger partial charge in [-0.25, -0.2) is 23.8 Å². The molecule has 0 saturated heterocycles. The first-order valence-corrected chi connectivity index (χ1v) is 14.0. The van der Waals surface area contributed by atoms with Crippen LogP contribution in [-0.2, 0) is 28.4 Å². The molecule has 1 fully saturated rings. The first kappa shape index (κ1) is 32.3. The van der Waals surface area contributed by atoms with Crippen LogP contribution in [0.15, 0.2) is 53.7 Å². The zero-order chi connectivity index (χ0) is 31.7. The Hall–Kier alpha value is -3.62. The van der Waals surface area contributed by atoms with Gasteiger partial charge in [0.15, 0.2) is 5.69 Å². The fourth-order valence-electron chi connectivity index (χ4n) is 4.54. The van der Waals surface area contributed by atoms with Gasteiger partial charge in [0.2, 0.25) is 5.91 Å². The predicted molar refractivity (Wildman–Crippen MR) is 142 cm³/mol. The van der Waals surface area contributed by atoms with Crippen molar-refractivity contribution in [3.63, 3.8) is 0 Å². The highest BCUT2D eigenvalue weighted by Crippen LogP contribution is 2.41. The smallest absolute Gasteiger partial charge is 0.435 e. The molecule has 3 aromatic rings. The number of alkyl halides is 6. The third kappa shape index (κ3) is 8.06. The molecular formula is C28H27F7N4O3S. The Kier molecular flexibility index (Phi) is 9.14. The molecule has 2 unspecified atom stereocenters. The third-order valence-corrected chi connectivity index (χ3v) is 7.85. The van der Waals surface area contributed by atoms with Gasteiger partial charge in [0, 0.05) is 21.9 Å². The van der Waals surface area contributed by atoms with Crippen molar-refractivity contribution in [1.82, 2.24) is 19.7 Å². The third-order valence-electron chi connectivity index (χ3n) is 6.44. The van der Waals surface area contributed by atoms with Gasteiger partial charge >= 0.3 is 18.4 Å². The van der Waals surface area contributed by atoms with Crippen LogP contribution in [0.5, 0.6) is 0 Å². The molecule has 2 atom stereocenters. The molecule has 0 spiro atoms. The molecule has 2 heterocycles. The molecule has 0 N–H and O–H groups in total. The molecular weight excluding hydrogens is 605 g/mol. The second-order valence-corrected chi connectivity index (χ2v) is 12.2. The number of hydrogen-bond donors (Lipinski definition) is 0. The van der Waals surface area contributed by atoms with E-state index in [0.717, 1.165) is 12.3 Å². The van der Waals surface area contributed by atoms with E-state index < -0.39 is 65.2 Å². The standard InChI is InChI=1S/C28H27F7N4O3S/c1-26(2,3)42-25(41)38(24(40)20-5-4-6-21(20)43-19-10-7-17(29)8-11-19)14-16-15-39(37-23(16)28(33,34)35)18-9-12-22(36-13-18)27(30,31)32/h7-13,15,20-21H,4-6,14H2,1-3H3. The maximum atomic E-state index is 14.1. The van der Waals surface area contributed by atoms with Gasteiger partial charge in [-0.15, -0.1) is 11.8 Å². The number of pyridine rings is 1. The van der Waals surface area contributed by atoms with E-state index in [9.17, 15) is 40.3 Å². The molecule has 43 heavy (non-hydrogen) atoms. The minimum atomic E-state index is -5.03. The Labute approximate surface area is 246 Å². The van der Waals surface area contributed by atoms with Gasteiger partial charge in [-0.2, -0.15) is 31.4 Å². The number of nitrogens with zero attached hydrogens (tertiary/aromatic N) is 4. The molecule has 1 aromatic carbocycles. The molecule has 4 rings (SSSR count). The topological polar surface area (TPSA) is 77.3 Å². The van der Waals surface area contributed by atoms with Crippen LogP contribution in [0, 0.1) is 11.7 Å². The summed E-state index contributed by atoms with van der Waals surface area (Å²) in [5.41, 5.74) is -4.54. The van der Waals surface area contributed by atoms with Crippen LogP contribution in [0.25, 0.3) is 5.69 Å². The Balaban J connectivity index is 1.67. The second-order valence-electron chi connectivity index (χ2n) is 10.9. The molecule has 0 radical (unpaired) electrons. The fraction of sp³-hybridized carbons (Fsp3) is 0.429. The maximum absolute atomic E-state index is 14.1. The minimum Gasteiger partial charge on any atom is -0.443 e. The largest absolute Gasteiger partial charge is 0.443 e. The van der Waals surface area contributed by atoms with Crippen molar-refractivity contribution in [3.05, 3.63) is 71.6 Å². The summed E-state index contributed by atoms with van der Waals surface area (Å²) in [6.07, 6.45) is -7.80. The van der Waals surface area contributed by atoms with E-state index in [1.165, 1.54) is 44.7 Å². The highest BCUT2D eigenvalue weighted by atomic mass is 32.2. The number of imide groups is 1. The zero-order valence-electron chi connectivity index (χ0n) is 23.2. The van der Waals surface area contributed by atoms with E-state index in [1.54, 1.807) is 12.1 Å². The Morgan fingerprint density at radius 1 is 1.00 bits per heavy atom. The van der Waals surface area contributed by atoms with Crippen LogP contribution in [0.1, 0.15) is 57.0 Å². The lowest BCUT2D eigenvalue weighted by Crippen LogP contribution is -2.44. The van der Waals surface area contributed by atoms with Crippen molar-refractivity contribution in [3.8, 4) is 5.69 Å². The van der Waals surface area contributed by atoms with Crippen LogP contribution in [-0.4, -0.2) is 42.5 Å². The quantitative estimate of drug-likeness (QED) is 0.260. The summed E-state index contributed by atoms with van der Waals surface area (Å²) in [7, 11) is 0. The highest BCUT2D eigenvalue weighted by molar-refractivity contribution is 8.00. The van der Waals surface area contributed by atoms with E-state index in [4.69, 9.17) is 4.74 Å². The number of rotatable bonds is 6. The zero-order valence-corrected chi connectivity index (χ0v) is 24.0. The van der Waals surface area contributed by atoms with Crippen molar-refractivity contribution in [1.29, 1.82) is 0 Å². The number of hydrogen-bond acceptors (Lipinski definition) is 6. The van der Waals surface area contributed by atoms with Gasteiger partial charge in [-0.3, -0.25) is 4.79 Å². The van der Waals surface area contributed by atoms with E-state index in [2.05, 4.69) is 10.1 Å².